The van der Waals surface area contributed by atoms with Crippen molar-refractivity contribution in [3.63, 3.8) is 0 Å². The Labute approximate surface area is 142 Å². The molecule has 126 valence electrons. The number of hydrogen-bond donors (Lipinski definition) is 2. The predicted molar refractivity (Wildman–Crippen MR) is 89.0 cm³/mol. The van der Waals surface area contributed by atoms with E-state index >= 15 is 0 Å². The third kappa shape index (κ3) is 5.58. The molecule has 0 saturated heterocycles. The Morgan fingerprint density at radius 2 is 1.62 bits per heavy atom. The lowest BCUT2D eigenvalue weighted by molar-refractivity contribution is -0.128. The maximum Gasteiger partial charge on any atom is 0.242 e. The molecule has 0 aliphatic rings. The zero-order chi connectivity index (χ0) is 17.5. The van der Waals surface area contributed by atoms with E-state index in [0.29, 0.717) is 10.4 Å². The zero-order valence-corrected chi connectivity index (χ0v) is 13.9. The second-order valence-electron chi connectivity index (χ2n) is 5.23. The van der Waals surface area contributed by atoms with Gasteiger partial charge < -0.3 is 0 Å². The van der Waals surface area contributed by atoms with Crippen LogP contribution in [0, 0.1) is 12.7 Å². The van der Waals surface area contributed by atoms with E-state index in [4.69, 9.17) is 0 Å². The molecule has 2 N–H and O–H groups in total. The molecule has 0 saturated carbocycles. The molecule has 0 atom stereocenters. The number of amides is 2. The number of Topliss-reactive ketones (excluding diaryl/α,β-unsaturated/α-hetero) is 1. The number of hydrazine groups is 1. The molecule has 2 rings (SSSR count). The average molecular weight is 348 g/mol. The van der Waals surface area contributed by atoms with Crippen LogP contribution in [0.1, 0.15) is 33.0 Å². The number of benzene rings is 1. The van der Waals surface area contributed by atoms with E-state index in [1.807, 2.05) is 13.0 Å². The minimum absolute atomic E-state index is 0.00733. The van der Waals surface area contributed by atoms with Crippen LogP contribution in [0.4, 0.5) is 4.39 Å². The predicted octanol–water partition coefficient (Wildman–Crippen LogP) is 2.55. The molecule has 5 nitrogen and oxygen atoms in total. The van der Waals surface area contributed by atoms with Crippen molar-refractivity contribution >= 4 is 28.9 Å². The van der Waals surface area contributed by atoms with Crippen LogP contribution in [0.2, 0.25) is 0 Å². The molecule has 7 heteroatoms. The summed E-state index contributed by atoms with van der Waals surface area (Å²) < 4.78 is 12.8. The van der Waals surface area contributed by atoms with Crippen LogP contribution in [0.5, 0.6) is 0 Å². The van der Waals surface area contributed by atoms with E-state index in [9.17, 15) is 18.8 Å². The average Bonchev–Trinajstić information content (AvgIpc) is 2.99. The third-order valence-corrected chi connectivity index (χ3v) is 4.26. The maximum absolute atomic E-state index is 12.8. The molecule has 1 aromatic carbocycles. The lowest BCUT2D eigenvalue weighted by atomic mass is 10.1. The Balaban J connectivity index is 1.69. The summed E-state index contributed by atoms with van der Waals surface area (Å²) in [6.45, 7) is 1.91. The second kappa shape index (κ2) is 8.35. The summed E-state index contributed by atoms with van der Waals surface area (Å²) in [4.78, 5) is 36.9. The highest BCUT2D eigenvalue weighted by molar-refractivity contribution is 7.14. The van der Waals surface area contributed by atoms with Gasteiger partial charge in [-0.05, 0) is 36.8 Å². The van der Waals surface area contributed by atoms with E-state index in [1.54, 1.807) is 6.07 Å². The lowest BCUT2D eigenvalue weighted by Crippen LogP contribution is -2.42. The van der Waals surface area contributed by atoms with Crippen molar-refractivity contribution in [1.82, 2.24) is 10.9 Å². The van der Waals surface area contributed by atoms with E-state index in [1.165, 1.54) is 35.6 Å². The van der Waals surface area contributed by atoms with Gasteiger partial charge in [0.15, 0.2) is 5.78 Å². The Hall–Kier alpha value is -2.54. The van der Waals surface area contributed by atoms with Crippen LogP contribution in [-0.2, 0) is 16.0 Å². The summed E-state index contributed by atoms with van der Waals surface area (Å²) in [6, 6.07) is 9.12. The Morgan fingerprint density at radius 1 is 0.958 bits per heavy atom. The molecule has 1 heterocycles. The number of carbonyl (C=O) groups excluding carboxylic acids is 3. The quantitative estimate of drug-likeness (QED) is 0.622. The van der Waals surface area contributed by atoms with Gasteiger partial charge in [0.2, 0.25) is 11.8 Å². The van der Waals surface area contributed by atoms with Gasteiger partial charge in [-0.15, -0.1) is 11.3 Å². The van der Waals surface area contributed by atoms with Gasteiger partial charge in [-0.1, -0.05) is 12.1 Å². The first-order valence-corrected chi connectivity index (χ1v) is 8.17. The maximum atomic E-state index is 12.8. The Kier molecular flexibility index (Phi) is 6.20. The minimum Gasteiger partial charge on any atom is -0.293 e. The summed E-state index contributed by atoms with van der Waals surface area (Å²) in [7, 11) is 0. The van der Waals surface area contributed by atoms with E-state index in [-0.39, 0.29) is 30.9 Å². The van der Waals surface area contributed by atoms with Crippen LogP contribution < -0.4 is 10.9 Å². The molecular formula is C17H17FN2O3S. The normalized spacial score (nSPS) is 10.2. The van der Waals surface area contributed by atoms with Gasteiger partial charge >= 0.3 is 0 Å². The van der Waals surface area contributed by atoms with E-state index in [0.717, 1.165) is 4.88 Å². The van der Waals surface area contributed by atoms with Crippen LogP contribution in [0.25, 0.3) is 0 Å². The van der Waals surface area contributed by atoms with Gasteiger partial charge in [0.25, 0.3) is 0 Å². The molecule has 1 aromatic heterocycles. The fourth-order valence-corrected chi connectivity index (χ4v) is 2.80. The van der Waals surface area contributed by atoms with Gasteiger partial charge in [0, 0.05) is 17.7 Å². The highest BCUT2D eigenvalue weighted by Crippen LogP contribution is 2.17. The number of halogens is 1. The Morgan fingerprint density at radius 3 is 2.25 bits per heavy atom. The fraction of sp³-hybridized carbons (Fsp3) is 0.235. The van der Waals surface area contributed by atoms with Gasteiger partial charge in [0.1, 0.15) is 5.82 Å². The molecule has 0 fully saturated rings. The van der Waals surface area contributed by atoms with Crippen molar-refractivity contribution in [2.75, 3.05) is 0 Å². The van der Waals surface area contributed by atoms with Crippen molar-refractivity contribution in [2.24, 2.45) is 0 Å². The summed E-state index contributed by atoms with van der Waals surface area (Å²) in [6.07, 6.45) is 0.0974. The van der Waals surface area contributed by atoms with Crippen molar-refractivity contribution in [1.29, 1.82) is 0 Å². The molecule has 0 bridgehead atoms. The van der Waals surface area contributed by atoms with Crippen LogP contribution in [-0.4, -0.2) is 17.6 Å². The topological polar surface area (TPSA) is 75.3 Å². The first-order chi connectivity index (χ1) is 11.4. The van der Waals surface area contributed by atoms with E-state index < -0.39 is 11.8 Å². The number of nitrogens with one attached hydrogen (secondary N) is 2. The Bertz CT molecular complexity index is 741. The van der Waals surface area contributed by atoms with Crippen molar-refractivity contribution in [2.45, 2.75) is 26.2 Å². The molecule has 0 aliphatic heterocycles. The van der Waals surface area contributed by atoms with E-state index in [2.05, 4.69) is 10.9 Å². The summed E-state index contributed by atoms with van der Waals surface area (Å²) in [5.41, 5.74) is 5.17. The fourth-order valence-electron chi connectivity index (χ4n) is 1.97. The highest BCUT2D eigenvalue weighted by Gasteiger charge is 2.12. The molecule has 0 unspecified atom stereocenters. The standard InChI is InChI=1S/C17H17FN2O3S/c1-11-2-8-15(24-11)14(21)7-9-16(22)19-20-17(23)10-12-3-5-13(18)6-4-12/h2-6,8H,7,9-10H2,1H3,(H,19,22)(H,20,23). The summed E-state index contributed by atoms with van der Waals surface area (Å²) in [5.74, 6) is -1.33. The molecule has 0 spiro atoms. The first-order valence-electron chi connectivity index (χ1n) is 7.36. The number of hydrogen-bond acceptors (Lipinski definition) is 4. The minimum atomic E-state index is -0.441. The zero-order valence-electron chi connectivity index (χ0n) is 13.1. The number of thiophene rings is 1. The number of carbonyl (C=O) groups is 3. The second-order valence-corrected chi connectivity index (χ2v) is 6.52. The largest absolute Gasteiger partial charge is 0.293 e. The van der Waals surface area contributed by atoms with Crippen molar-refractivity contribution in [3.8, 4) is 0 Å². The molecule has 2 amide bonds. The first kappa shape index (κ1) is 17.8. The van der Waals surface area contributed by atoms with Crippen LogP contribution in [0.15, 0.2) is 36.4 Å². The number of rotatable bonds is 6. The lowest BCUT2D eigenvalue weighted by Gasteiger charge is -2.07. The van der Waals surface area contributed by atoms with Crippen molar-refractivity contribution < 1.29 is 18.8 Å². The van der Waals surface area contributed by atoms with Gasteiger partial charge in [0.05, 0.1) is 11.3 Å². The van der Waals surface area contributed by atoms with Gasteiger partial charge in [-0.3, -0.25) is 25.2 Å². The number of aryl methyl sites for hydroxylation is 1. The number of ketones is 1. The molecule has 24 heavy (non-hydrogen) atoms. The molecular weight excluding hydrogens is 331 g/mol. The van der Waals surface area contributed by atoms with Gasteiger partial charge in [-0.2, -0.15) is 0 Å². The monoisotopic (exact) mass is 348 g/mol. The molecule has 0 aliphatic carbocycles. The molecule has 0 radical (unpaired) electrons. The SMILES string of the molecule is Cc1ccc(C(=O)CCC(=O)NNC(=O)Cc2ccc(F)cc2)s1. The third-order valence-electron chi connectivity index (χ3n) is 3.21. The highest BCUT2D eigenvalue weighted by atomic mass is 32.1. The van der Waals surface area contributed by atoms with Crippen LogP contribution >= 0.6 is 11.3 Å². The van der Waals surface area contributed by atoms with Crippen molar-refractivity contribution in [3.05, 3.63) is 57.5 Å². The smallest absolute Gasteiger partial charge is 0.242 e. The summed E-state index contributed by atoms with van der Waals surface area (Å²) >= 11 is 1.39. The summed E-state index contributed by atoms with van der Waals surface area (Å²) in [5, 5.41) is 0. The van der Waals surface area contributed by atoms with Crippen LogP contribution in [0.3, 0.4) is 0 Å². The van der Waals surface area contributed by atoms with Gasteiger partial charge in [-0.25, -0.2) is 4.39 Å². The molecule has 2 aromatic rings.